The third-order valence-corrected chi connectivity index (χ3v) is 2.99. The molecule has 1 fully saturated rings. The number of carbonyl (C=O) groups is 1. The number of nitrogens with zero attached hydrogens (tertiary/aromatic N) is 1. The summed E-state index contributed by atoms with van der Waals surface area (Å²) in [4.78, 5) is 12.9. The number of carbonyl (C=O) groups excluding carboxylic acids is 1. The maximum Gasteiger partial charge on any atom is 0.401 e. The number of nitrogens with two attached hydrogens (primary N) is 1. The summed E-state index contributed by atoms with van der Waals surface area (Å²) in [5, 5.41) is 2.56. The first-order valence-corrected chi connectivity index (χ1v) is 6.30. The van der Waals surface area contributed by atoms with E-state index in [0.717, 1.165) is 0 Å². The van der Waals surface area contributed by atoms with Crippen LogP contribution in [0.4, 0.5) is 24.5 Å². The Morgan fingerprint density at radius 3 is 2.40 bits per heavy atom. The highest BCUT2D eigenvalue weighted by Crippen LogP contribution is 2.29. The van der Waals surface area contributed by atoms with Crippen molar-refractivity contribution in [3.63, 3.8) is 0 Å². The molecule has 7 heteroatoms. The van der Waals surface area contributed by atoms with Gasteiger partial charge in [-0.25, -0.2) is 0 Å². The van der Waals surface area contributed by atoms with E-state index in [9.17, 15) is 18.0 Å². The average Bonchev–Trinajstić information content (AvgIpc) is 3.13. The number of hydrogen-bond donors (Lipinski definition) is 2. The van der Waals surface area contributed by atoms with E-state index in [4.69, 9.17) is 5.73 Å². The van der Waals surface area contributed by atoms with Gasteiger partial charge < -0.3 is 11.1 Å². The summed E-state index contributed by atoms with van der Waals surface area (Å²) in [7, 11) is 0. The number of benzene rings is 1. The molecule has 0 aliphatic heterocycles. The molecule has 110 valence electrons. The number of anilines is 2. The number of nitrogen functional groups attached to an aromatic ring is 1. The number of hydrogen-bond acceptors (Lipinski definition) is 3. The lowest BCUT2D eigenvalue weighted by Gasteiger charge is -2.22. The van der Waals surface area contributed by atoms with Gasteiger partial charge in [-0.05, 0) is 37.1 Å². The van der Waals surface area contributed by atoms with Crippen LogP contribution in [0.25, 0.3) is 0 Å². The topological polar surface area (TPSA) is 58.4 Å². The molecule has 1 aliphatic rings. The Balaban J connectivity index is 1.89. The van der Waals surface area contributed by atoms with Crippen LogP contribution in [0.2, 0.25) is 0 Å². The second-order valence-electron chi connectivity index (χ2n) is 4.92. The van der Waals surface area contributed by atoms with Crippen LogP contribution in [0.1, 0.15) is 12.8 Å². The summed E-state index contributed by atoms with van der Waals surface area (Å²) < 4.78 is 37.3. The van der Waals surface area contributed by atoms with Gasteiger partial charge in [0.25, 0.3) is 0 Å². The molecule has 1 saturated carbocycles. The van der Waals surface area contributed by atoms with Crippen molar-refractivity contribution < 1.29 is 18.0 Å². The molecule has 0 spiro atoms. The largest absolute Gasteiger partial charge is 0.401 e. The van der Waals surface area contributed by atoms with Gasteiger partial charge in [0, 0.05) is 17.4 Å². The first kappa shape index (κ1) is 14.6. The van der Waals surface area contributed by atoms with E-state index < -0.39 is 18.6 Å². The van der Waals surface area contributed by atoms with Gasteiger partial charge in [0.05, 0.1) is 13.1 Å². The quantitative estimate of drug-likeness (QED) is 0.817. The van der Waals surface area contributed by atoms with Crippen LogP contribution in [0, 0.1) is 0 Å². The Kier molecular flexibility index (Phi) is 4.17. The van der Waals surface area contributed by atoms with Crippen molar-refractivity contribution in [1.82, 2.24) is 4.90 Å². The van der Waals surface area contributed by atoms with Gasteiger partial charge in [-0.3, -0.25) is 9.69 Å². The maximum atomic E-state index is 12.4. The summed E-state index contributed by atoms with van der Waals surface area (Å²) in [5.74, 6) is -0.453. The molecule has 1 amide bonds. The molecule has 1 aromatic carbocycles. The monoisotopic (exact) mass is 287 g/mol. The molecular weight excluding hydrogens is 271 g/mol. The highest BCUT2D eigenvalue weighted by Gasteiger charge is 2.38. The zero-order valence-electron chi connectivity index (χ0n) is 10.8. The van der Waals surface area contributed by atoms with Crippen molar-refractivity contribution in [3.05, 3.63) is 24.3 Å². The molecule has 0 heterocycles. The normalized spacial score (nSPS) is 15.4. The minimum absolute atomic E-state index is 0.131. The van der Waals surface area contributed by atoms with Crippen LogP contribution in [0.3, 0.4) is 0 Å². The van der Waals surface area contributed by atoms with Crippen molar-refractivity contribution in [3.8, 4) is 0 Å². The van der Waals surface area contributed by atoms with Gasteiger partial charge in [-0.2, -0.15) is 13.2 Å². The summed E-state index contributed by atoms with van der Waals surface area (Å²) in [5.41, 5.74) is 6.59. The van der Waals surface area contributed by atoms with Gasteiger partial charge in [-0.1, -0.05) is 0 Å². The lowest BCUT2D eigenvalue weighted by atomic mass is 10.3. The second kappa shape index (κ2) is 5.70. The number of rotatable bonds is 5. The van der Waals surface area contributed by atoms with Gasteiger partial charge in [0.1, 0.15) is 0 Å². The minimum Gasteiger partial charge on any atom is -0.399 e. The van der Waals surface area contributed by atoms with Gasteiger partial charge >= 0.3 is 6.18 Å². The fraction of sp³-hybridized carbons (Fsp3) is 0.462. The minimum atomic E-state index is -4.29. The molecule has 2 rings (SSSR count). The van der Waals surface area contributed by atoms with Gasteiger partial charge in [-0.15, -0.1) is 0 Å². The molecule has 0 unspecified atom stereocenters. The molecule has 3 N–H and O–H groups in total. The Morgan fingerprint density at radius 2 is 1.90 bits per heavy atom. The van der Waals surface area contributed by atoms with E-state index in [-0.39, 0.29) is 12.6 Å². The van der Waals surface area contributed by atoms with Crippen molar-refractivity contribution in [2.45, 2.75) is 25.1 Å². The molecule has 0 saturated heterocycles. The zero-order valence-corrected chi connectivity index (χ0v) is 10.8. The molecule has 0 aromatic heterocycles. The summed E-state index contributed by atoms with van der Waals surface area (Å²) in [6.45, 7) is -1.30. The van der Waals surface area contributed by atoms with Crippen molar-refractivity contribution >= 4 is 17.3 Å². The molecular formula is C13H16F3N3O. The molecule has 20 heavy (non-hydrogen) atoms. The number of alkyl halides is 3. The standard InChI is InChI=1S/C13H16F3N3O/c14-13(15,16)8-19(11-5-6-11)7-12(20)18-10-3-1-9(17)2-4-10/h1-4,11H,5-8,17H2,(H,18,20). The lowest BCUT2D eigenvalue weighted by molar-refractivity contribution is -0.149. The van der Waals surface area contributed by atoms with Crippen LogP contribution in [0.15, 0.2) is 24.3 Å². The molecule has 1 aliphatic carbocycles. The van der Waals surface area contributed by atoms with E-state index in [0.29, 0.717) is 24.2 Å². The summed E-state index contributed by atoms with van der Waals surface area (Å²) in [6.07, 6.45) is -2.86. The molecule has 1 aromatic rings. The van der Waals surface area contributed by atoms with E-state index in [1.54, 1.807) is 24.3 Å². The van der Waals surface area contributed by atoms with Crippen LogP contribution < -0.4 is 11.1 Å². The predicted octanol–water partition coefficient (Wildman–Crippen LogP) is 2.23. The van der Waals surface area contributed by atoms with Crippen LogP contribution in [0.5, 0.6) is 0 Å². The van der Waals surface area contributed by atoms with Crippen molar-refractivity contribution in [2.75, 3.05) is 24.1 Å². The average molecular weight is 287 g/mol. The highest BCUT2D eigenvalue weighted by atomic mass is 19.4. The van der Waals surface area contributed by atoms with Crippen molar-refractivity contribution in [1.29, 1.82) is 0 Å². The van der Waals surface area contributed by atoms with Gasteiger partial charge in [0.2, 0.25) is 5.91 Å². The van der Waals surface area contributed by atoms with Crippen LogP contribution >= 0.6 is 0 Å². The predicted molar refractivity (Wildman–Crippen MR) is 70.1 cm³/mol. The molecule has 0 bridgehead atoms. The first-order chi connectivity index (χ1) is 9.33. The smallest absolute Gasteiger partial charge is 0.399 e. The van der Waals surface area contributed by atoms with E-state index in [1.807, 2.05) is 0 Å². The zero-order chi connectivity index (χ0) is 14.8. The number of halogens is 3. The van der Waals surface area contributed by atoms with Crippen LogP contribution in [-0.4, -0.2) is 36.1 Å². The van der Waals surface area contributed by atoms with Crippen molar-refractivity contribution in [2.24, 2.45) is 0 Å². The third-order valence-electron chi connectivity index (χ3n) is 2.99. The molecule has 0 radical (unpaired) electrons. The summed E-state index contributed by atoms with van der Waals surface area (Å²) in [6, 6.07) is 6.32. The Labute approximate surface area is 114 Å². The fourth-order valence-corrected chi connectivity index (χ4v) is 1.94. The van der Waals surface area contributed by atoms with E-state index in [2.05, 4.69) is 5.32 Å². The van der Waals surface area contributed by atoms with Crippen LogP contribution in [-0.2, 0) is 4.79 Å². The van der Waals surface area contributed by atoms with Gasteiger partial charge in [0.15, 0.2) is 0 Å². The molecule has 4 nitrogen and oxygen atoms in total. The SMILES string of the molecule is Nc1ccc(NC(=O)CN(CC(F)(F)F)C2CC2)cc1. The fourth-order valence-electron chi connectivity index (χ4n) is 1.94. The Hall–Kier alpha value is -1.76. The third kappa shape index (κ3) is 4.73. The van der Waals surface area contributed by atoms with E-state index in [1.165, 1.54) is 4.90 Å². The molecule has 0 atom stereocenters. The number of amides is 1. The Morgan fingerprint density at radius 1 is 1.30 bits per heavy atom. The first-order valence-electron chi connectivity index (χ1n) is 6.30. The second-order valence-corrected chi connectivity index (χ2v) is 4.92. The summed E-state index contributed by atoms with van der Waals surface area (Å²) >= 11 is 0. The lowest BCUT2D eigenvalue weighted by Crippen LogP contribution is -2.41. The number of nitrogens with one attached hydrogen (secondary N) is 1. The Bertz CT molecular complexity index is 469. The highest BCUT2D eigenvalue weighted by molar-refractivity contribution is 5.92. The maximum absolute atomic E-state index is 12.4. The van der Waals surface area contributed by atoms with E-state index >= 15 is 0 Å².